The highest BCUT2D eigenvalue weighted by Crippen LogP contribution is 2.24. The van der Waals surface area contributed by atoms with Gasteiger partial charge >= 0.3 is 0 Å². The lowest BCUT2D eigenvalue weighted by Crippen LogP contribution is -2.13. The molecule has 5 rings (SSSR count). The third-order valence-electron chi connectivity index (χ3n) is 5.99. The summed E-state index contributed by atoms with van der Waals surface area (Å²) in [5.74, 6) is 0.703. The van der Waals surface area contributed by atoms with Crippen LogP contribution in [0, 0.1) is 13.8 Å². The minimum absolute atomic E-state index is 0.0976. The van der Waals surface area contributed by atoms with Crippen molar-refractivity contribution in [2.45, 2.75) is 33.7 Å². The Kier molecular flexibility index (Phi) is 5.38. The van der Waals surface area contributed by atoms with Crippen LogP contribution in [0.15, 0.2) is 82.2 Å². The second kappa shape index (κ2) is 8.51. The largest absolute Gasteiger partial charge is 0.342 e. The van der Waals surface area contributed by atoms with Crippen molar-refractivity contribution in [3.63, 3.8) is 0 Å². The Balaban J connectivity index is 1.65. The summed E-state index contributed by atoms with van der Waals surface area (Å²) in [5.41, 5.74) is 6.69. The molecule has 0 bridgehead atoms. The summed E-state index contributed by atoms with van der Waals surface area (Å²) in [6.45, 7) is 6.82. The van der Waals surface area contributed by atoms with Gasteiger partial charge < -0.3 is 9.09 Å². The van der Waals surface area contributed by atoms with Crippen LogP contribution in [-0.4, -0.2) is 14.7 Å². The monoisotopic (exact) mass is 435 g/mol. The fourth-order valence-corrected chi connectivity index (χ4v) is 3.99. The zero-order valence-electron chi connectivity index (χ0n) is 19.0. The number of hydrogen-bond acceptors (Lipinski definition) is 4. The average molecular weight is 436 g/mol. The second-order valence-corrected chi connectivity index (χ2v) is 8.48. The molecule has 0 radical (unpaired) electrons. The normalized spacial score (nSPS) is 11.2. The van der Waals surface area contributed by atoms with E-state index in [1.807, 2.05) is 49.5 Å². The molecule has 0 saturated heterocycles. The van der Waals surface area contributed by atoms with Gasteiger partial charge in [0.25, 0.3) is 5.89 Å². The van der Waals surface area contributed by atoms with E-state index in [0.717, 1.165) is 34.2 Å². The molecule has 3 aromatic carbocycles. The van der Waals surface area contributed by atoms with Crippen LogP contribution in [0.4, 0.5) is 0 Å². The summed E-state index contributed by atoms with van der Waals surface area (Å²) in [5, 5.41) is 4.80. The molecule has 0 spiro atoms. The first kappa shape index (κ1) is 20.9. The zero-order valence-corrected chi connectivity index (χ0v) is 19.0. The Morgan fingerprint density at radius 3 is 2.24 bits per heavy atom. The minimum Gasteiger partial charge on any atom is -0.342 e. The summed E-state index contributed by atoms with van der Waals surface area (Å²) < 4.78 is 7.66. The minimum atomic E-state index is -0.0976. The fraction of sp³-hybridized carbons (Fsp3) is 0.179. The number of fused-ring (bicyclic) bond motifs is 1. The molecule has 0 saturated carbocycles. The molecule has 2 aromatic heterocycles. The highest BCUT2D eigenvalue weighted by atomic mass is 16.5. The highest BCUT2D eigenvalue weighted by molar-refractivity contribution is 5.83. The van der Waals surface area contributed by atoms with Crippen LogP contribution in [-0.2, 0) is 13.0 Å². The second-order valence-electron chi connectivity index (χ2n) is 8.48. The molecule has 0 fully saturated rings. The molecule has 5 heteroatoms. The Morgan fingerprint density at radius 2 is 1.55 bits per heavy atom. The molecule has 0 N–H and O–H groups in total. The van der Waals surface area contributed by atoms with Crippen molar-refractivity contribution in [2.24, 2.45) is 0 Å². The van der Waals surface area contributed by atoms with E-state index in [1.165, 1.54) is 5.56 Å². The van der Waals surface area contributed by atoms with Crippen LogP contribution in [0.25, 0.3) is 33.7 Å². The van der Waals surface area contributed by atoms with Crippen LogP contribution in [0.3, 0.4) is 0 Å². The molecular weight excluding hydrogens is 410 g/mol. The standard InChI is InChI=1S/C28H25N3O2/c1-4-20-11-14-25-23(15-20)26(32)24(17-31(25)16-21-9-5-18(2)6-10-21)28-29-27(30-33-28)22-12-7-19(3)8-13-22/h5-15,17H,4,16H2,1-3H3. The first-order valence-corrected chi connectivity index (χ1v) is 11.1. The van der Waals surface area contributed by atoms with Crippen molar-refractivity contribution in [3.8, 4) is 22.8 Å². The molecule has 0 amide bonds. The van der Waals surface area contributed by atoms with Gasteiger partial charge in [0.15, 0.2) is 0 Å². The number of hydrogen-bond donors (Lipinski definition) is 0. The molecule has 0 unspecified atom stereocenters. The van der Waals surface area contributed by atoms with Gasteiger partial charge in [0.2, 0.25) is 11.3 Å². The molecule has 33 heavy (non-hydrogen) atoms. The molecule has 0 aliphatic heterocycles. The van der Waals surface area contributed by atoms with Crippen molar-refractivity contribution in [3.05, 3.63) is 105 Å². The zero-order chi connectivity index (χ0) is 22.9. The summed E-state index contributed by atoms with van der Waals surface area (Å²) in [7, 11) is 0. The number of pyridine rings is 1. The lowest BCUT2D eigenvalue weighted by atomic mass is 10.1. The van der Waals surface area contributed by atoms with Crippen LogP contribution < -0.4 is 5.43 Å². The van der Waals surface area contributed by atoms with Crippen LogP contribution in [0.5, 0.6) is 0 Å². The molecule has 0 aliphatic rings. The topological polar surface area (TPSA) is 60.9 Å². The maximum Gasteiger partial charge on any atom is 0.263 e. The van der Waals surface area contributed by atoms with Gasteiger partial charge in [-0.3, -0.25) is 4.79 Å². The molecular formula is C28H25N3O2. The van der Waals surface area contributed by atoms with Crippen LogP contribution in [0.1, 0.15) is 29.2 Å². The molecule has 2 heterocycles. The number of aryl methyl sites for hydroxylation is 3. The Hall–Kier alpha value is -3.99. The van der Waals surface area contributed by atoms with Gasteiger partial charge in [-0.15, -0.1) is 0 Å². The average Bonchev–Trinajstić information content (AvgIpc) is 3.32. The van der Waals surface area contributed by atoms with Crippen molar-refractivity contribution in [1.82, 2.24) is 14.7 Å². The van der Waals surface area contributed by atoms with E-state index >= 15 is 0 Å². The van der Waals surface area contributed by atoms with Gasteiger partial charge in [-0.25, -0.2) is 0 Å². The molecule has 5 nitrogen and oxygen atoms in total. The van der Waals surface area contributed by atoms with Gasteiger partial charge in [0, 0.05) is 23.7 Å². The van der Waals surface area contributed by atoms with E-state index in [0.29, 0.717) is 23.3 Å². The van der Waals surface area contributed by atoms with E-state index in [9.17, 15) is 4.79 Å². The van der Waals surface area contributed by atoms with E-state index in [4.69, 9.17) is 4.52 Å². The smallest absolute Gasteiger partial charge is 0.263 e. The fourth-order valence-electron chi connectivity index (χ4n) is 3.99. The lowest BCUT2D eigenvalue weighted by Gasteiger charge is -2.13. The molecule has 0 aliphatic carbocycles. The lowest BCUT2D eigenvalue weighted by molar-refractivity contribution is 0.431. The molecule has 5 aromatic rings. The van der Waals surface area contributed by atoms with E-state index < -0.39 is 0 Å². The summed E-state index contributed by atoms with van der Waals surface area (Å²) in [4.78, 5) is 18.1. The Bertz CT molecular complexity index is 1490. The Morgan fingerprint density at radius 1 is 0.879 bits per heavy atom. The summed E-state index contributed by atoms with van der Waals surface area (Å²) in [6.07, 6.45) is 2.69. The Labute approximate surface area is 192 Å². The van der Waals surface area contributed by atoms with Crippen molar-refractivity contribution < 1.29 is 4.52 Å². The van der Waals surface area contributed by atoms with Crippen molar-refractivity contribution in [1.29, 1.82) is 0 Å². The van der Waals surface area contributed by atoms with Gasteiger partial charge in [-0.2, -0.15) is 4.98 Å². The van der Waals surface area contributed by atoms with Gasteiger partial charge in [0.05, 0.1) is 5.52 Å². The van der Waals surface area contributed by atoms with E-state index in [-0.39, 0.29) is 11.3 Å². The van der Waals surface area contributed by atoms with Crippen LogP contribution in [0.2, 0.25) is 0 Å². The van der Waals surface area contributed by atoms with E-state index in [2.05, 4.69) is 58.9 Å². The third kappa shape index (κ3) is 4.10. The summed E-state index contributed by atoms with van der Waals surface area (Å²) >= 11 is 0. The third-order valence-corrected chi connectivity index (χ3v) is 5.99. The first-order valence-electron chi connectivity index (χ1n) is 11.1. The van der Waals surface area contributed by atoms with Crippen molar-refractivity contribution >= 4 is 10.9 Å². The molecule has 0 atom stereocenters. The number of aromatic nitrogens is 3. The highest BCUT2D eigenvalue weighted by Gasteiger charge is 2.18. The predicted octanol–water partition coefficient (Wildman–Crippen LogP) is 5.95. The van der Waals surface area contributed by atoms with Gasteiger partial charge in [-0.05, 0) is 43.5 Å². The maximum absolute atomic E-state index is 13.5. The number of rotatable bonds is 5. The SMILES string of the molecule is CCc1ccc2c(c1)c(=O)c(-c1nc(-c3ccc(C)cc3)no1)cn2Cc1ccc(C)cc1. The van der Waals surface area contributed by atoms with E-state index in [1.54, 1.807) is 0 Å². The van der Waals surface area contributed by atoms with Gasteiger partial charge in [-0.1, -0.05) is 77.8 Å². The predicted molar refractivity (Wildman–Crippen MR) is 131 cm³/mol. The molecule has 164 valence electrons. The summed E-state index contributed by atoms with van der Waals surface area (Å²) in [6, 6.07) is 22.4. The van der Waals surface area contributed by atoms with Gasteiger partial charge in [0.1, 0.15) is 5.56 Å². The quantitative estimate of drug-likeness (QED) is 0.342. The number of nitrogens with zero attached hydrogens (tertiary/aromatic N) is 3. The first-order chi connectivity index (χ1) is 16.0. The maximum atomic E-state index is 13.5. The van der Waals surface area contributed by atoms with Crippen molar-refractivity contribution in [2.75, 3.05) is 0 Å². The number of benzene rings is 3. The van der Waals surface area contributed by atoms with Crippen LogP contribution >= 0.6 is 0 Å².